The number of anilines is 1. The number of amides is 1. The van der Waals surface area contributed by atoms with E-state index in [9.17, 15) is 4.79 Å². The number of nitrogen functional groups attached to an aromatic ring is 1. The molecule has 0 aliphatic carbocycles. The van der Waals surface area contributed by atoms with Crippen LogP contribution in [0.2, 0.25) is 10.0 Å². The lowest BCUT2D eigenvalue weighted by molar-refractivity contribution is -0.117. The van der Waals surface area contributed by atoms with E-state index in [4.69, 9.17) is 33.7 Å². The fourth-order valence-electron chi connectivity index (χ4n) is 2.52. The Morgan fingerprint density at radius 3 is 2.26 bits per heavy atom. The van der Waals surface area contributed by atoms with Crippen LogP contribution in [-0.2, 0) is 16.0 Å². The van der Waals surface area contributed by atoms with Crippen molar-refractivity contribution in [1.82, 2.24) is 4.90 Å². The van der Waals surface area contributed by atoms with E-state index < -0.39 is 0 Å². The molecule has 2 rings (SSSR count). The van der Waals surface area contributed by atoms with Gasteiger partial charge in [0.1, 0.15) is 0 Å². The van der Waals surface area contributed by atoms with Gasteiger partial charge in [0.2, 0.25) is 6.41 Å². The minimum atomic E-state index is 0.694. The third-order valence-corrected chi connectivity index (χ3v) is 4.61. The maximum absolute atomic E-state index is 9.82. The van der Waals surface area contributed by atoms with E-state index in [1.807, 2.05) is 44.2 Å². The number of methoxy groups -OCH3 is 1. The van der Waals surface area contributed by atoms with Gasteiger partial charge in [0.25, 0.3) is 0 Å². The molecule has 1 amide bonds. The van der Waals surface area contributed by atoms with Crippen molar-refractivity contribution in [1.29, 1.82) is 0 Å². The number of ether oxygens (including phenoxy) is 1. The Morgan fingerprint density at radius 1 is 1.10 bits per heavy atom. The summed E-state index contributed by atoms with van der Waals surface area (Å²) < 4.78 is 4.69. The monoisotopic (exact) mass is 466 g/mol. The van der Waals surface area contributed by atoms with Gasteiger partial charge in [-0.1, -0.05) is 55.3 Å². The van der Waals surface area contributed by atoms with E-state index in [0.29, 0.717) is 5.02 Å². The molecule has 0 spiro atoms. The first-order valence-electron chi connectivity index (χ1n) is 10.4. The zero-order chi connectivity index (χ0) is 23.6. The van der Waals surface area contributed by atoms with Gasteiger partial charge in [0.05, 0.1) is 0 Å². The Labute approximate surface area is 198 Å². The van der Waals surface area contributed by atoms with Crippen molar-refractivity contribution in [3.8, 4) is 0 Å². The van der Waals surface area contributed by atoms with E-state index in [1.54, 1.807) is 25.1 Å². The SMILES string of the molecule is C/C(=C\Cc1cccc(Cl)c1)c1cc(Cl)ccc1N.CCCN(C)C=O.CCCOC. The molecule has 4 nitrogen and oxygen atoms in total. The number of nitrogens with two attached hydrogens (primary N) is 1. The molecule has 6 heteroatoms. The van der Waals surface area contributed by atoms with Crippen molar-refractivity contribution in [3.63, 3.8) is 0 Å². The molecule has 0 unspecified atom stereocenters. The van der Waals surface area contributed by atoms with Gasteiger partial charge in [0, 0.05) is 48.6 Å². The number of nitrogens with zero attached hydrogens (tertiary/aromatic N) is 1. The highest BCUT2D eigenvalue weighted by Gasteiger charge is 2.02. The molecule has 172 valence electrons. The standard InChI is InChI=1S/C16H15Cl2N.C5H11NO.C4H10O/c1-11(15-10-14(18)7-8-16(15)19)5-6-12-3-2-4-13(17)9-12;1-3-4-6(2)5-7;1-3-4-5-2/h2-5,7-10H,6,19H2,1H3;5H,3-4H2,1-2H3;3-4H2,1-2H3/b11-5+;;. The molecule has 2 aromatic carbocycles. The Balaban J connectivity index is 0.000000621. The van der Waals surface area contributed by atoms with Crippen molar-refractivity contribution in [2.24, 2.45) is 0 Å². The number of allylic oxidation sites excluding steroid dienone is 2. The highest BCUT2D eigenvalue weighted by Crippen LogP contribution is 2.25. The number of carbonyl (C=O) groups is 1. The maximum atomic E-state index is 9.82. The summed E-state index contributed by atoms with van der Waals surface area (Å²) in [6.07, 6.45) is 5.95. The van der Waals surface area contributed by atoms with Gasteiger partial charge in [-0.3, -0.25) is 4.79 Å². The average molecular weight is 467 g/mol. The van der Waals surface area contributed by atoms with E-state index >= 15 is 0 Å². The first kappa shape index (κ1) is 29.0. The minimum absolute atomic E-state index is 0.694. The van der Waals surface area contributed by atoms with Crippen LogP contribution in [0, 0.1) is 0 Å². The van der Waals surface area contributed by atoms with Gasteiger partial charge in [0.15, 0.2) is 0 Å². The van der Waals surface area contributed by atoms with Crippen LogP contribution < -0.4 is 5.73 Å². The Kier molecular flexibility index (Phi) is 16.5. The number of hydrogen-bond donors (Lipinski definition) is 1. The van der Waals surface area contributed by atoms with E-state index in [1.165, 1.54) is 5.56 Å². The number of halogens is 2. The van der Waals surface area contributed by atoms with Crippen LogP contribution >= 0.6 is 23.2 Å². The minimum Gasteiger partial charge on any atom is -0.398 e. The Bertz CT molecular complexity index is 793. The van der Waals surface area contributed by atoms with Crippen molar-refractivity contribution >= 4 is 40.9 Å². The van der Waals surface area contributed by atoms with Crippen LogP contribution in [-0.4, -0.2) is 38.6 Å². The molecule has 0 saturated carbocycles. The first-order chi connectivity index (χ1) is 14.8. The number of rotatable bonds is 8. The lowest BCUT2D eigenvalue weighted by Gasteiger charge is -2.07. The second-order valence-electron chi connectivity index (χ2n) is 7.03. The molecule has 2 N–H and O–H groups in total. The molecule has 0 fully saturated rings. The van der Waals surface area contributed by atoms with Crippen molar-refractivity contribution in [3.05, 3.63) is 69.7 Å². The molecule has 0 heterocycles. The number of hydrogen-bond acceptors (Lipinski definition) is 3. The van der Waals surface area contributed by atoms with Gasteiger partial charge in [-0.15, -0.1) is 0 Å². The van der Waals surface area contributed by atoms with Gasteiger partial charge < -0.3 is 15.4 Å². The molecule has 0 aromatic heterocycles. The summed E-state index contributed by atoms with van der Waals surface area (Å²) in [6.45, 7) is 7.92. The average Bonchev–Trinajstić information content (AvgIpc) is 2.75. The summed E-state index contributed by atoms with van der Waals surface area (Å²) in [4.78, 5) is 11.4. The highest BCUT2D eigenvalue weighted by molar-refractivity contribution is 6.31. The van der Waals surface area contributed by atoms with Crippen LogP contribution in [0.25, 0.3) is 5.57 Å². The van der Waals surface area contributed by atoms with Crippen molar-refractivity contribution in [2.75, 3.05) is 33.0 Å². The second-order valence-corrected chi connectivity index (χ2v) is 7.90. The molecule has 0 atom stereocenters. The lowest BCUT2D eigenvalue weighted by Crippen LogP contribution is -2.15. The van der Waals surface area contributed by atoms with Crippen molar-refractivity contribution in [2.45, 2.75) is 40.0 Å². The summed E-state index contributed by atoms with van der Waals surface area (Å²) in [5, 5.41) is 1.45. The second kappa shape index (κ2) is 17.6. The van der Waals surface area contributed by atoms with Crippen LogP contribution in [0.15, 0.2) is 48.5 Å². The maximum Gasteiger partial charge on any atom is 0.209 e. The van der Waals surface area contributed by atoms with E-state index in [0.717, 1.165) is 60.7 Å². The van der Waals surface area contributed by atoms with E-state index in [-0.39, 0.29) is 0 Å². The van der Waals surface area contributed by atoms with Crippen LogP contribution in [0.4, 0.5) is 5.69 Å². The van der Waals surface area contributed by atoms with Crippen LogP contribution in [0.5, 0.6) is 0 Å². The lowest BCUT2D eigenvalue weighted by atomic mass is 10.0. The fraction of sp³-hybridized carbons (Fsp3) is 0.400. The molecule has 0 bridgehead atoms. The first-order valence-corrected chi connectivity index (χ1v) is 11.2. The van der Waals surface area contributed by atoms with Crippen LogP contribution in [0.3, 0.4) is 0 Å². The van der Waals surface area contributed by atoms with Gasteiger partial charge in [-0.05, 0) is 67.7 Å². The summed E-state index contributed by atoms with van der Waals surface area (Å²) in [7, 11) is 3.49. The summed E-state index contributed by atoms with van der Waals surface area (Å²) in [6, 6.07) is 13.4. The van der Waals surface area contributed by atoms with E-state index in [2.05, 4.69) is 19.1 Å². The largest absolute Gasteiger partial charge is 0.398 e. The number of benzene rings is 2. The Hall–Kier alpha value is -2.01. The smallest absolute Gasteiger partial charge is 0.209 e. The third-order valence-electron chi connectivity index (χ3n) is 4.14. The summed E-state index contributed by atoms with van der Waals surface area (Å²) in [5.74, 6) is 0. The zero-order valence-electron chi connectivity index (χ0n) is 19.3. The molecule has 0 aliphatic rings. The van der Waals surface area contributed by atoms with Crippen molar-refractivity contribution < 1.29 is 9.53 Å². The predicted molar refractivity (Wildman–Crippen MR) is 136 cm³/mol. The van der Waals surface area contributed by atoms with Gasteiger partial charge in [-0.2, -0.15) is 0 Å². The van der Waals surface area contributed by atoms with Gasteiger partial charge >= 0.3 is 0 Å². The third kappa shape index (κ3) is 13.8. The molecule has 0 saturated heterocycles. The number of carbonyl (C=O) groups excluding carboxylic acids is 1. The molecular formula is C25H36Cl2N2O2. The predicted octanol–water partition coefficient (Wildman–Crippen LogP) is 6.75. The molecule has 2 aromatic rings. The molecule has 0 aliphatic heterocycles. The molecule has 0 radical (unpaired) electrons. The highest BCUT2D eigenvalue weighted by atomic mass is 35.5. The molecule has 31 heavy (non-hydrogen) atoms. The van der Waals surface area contributed by atoms with Crippen LogP contribution in [0.1, 0.15) is 44.7 Å². The zero-order valence-corrected chi connectivity index (χ0v) is 20.8. The summed E-state index contributed by atoms with van der Waals surface area (Å²) in [5.41, 5.74) is 9.97. The molecular weight excluding hydrogens is 431 g/mol. The van der Waals surface area contributed by atoms with Gasteiger partial charge in [-0.25, -0.2) is 0 Å². The fourth-order valence-corrected chi connectivity index (χ4v) is 2.91. The normalized spacial score (nSPS) is 10.4. The summed E-state index contributed by atoms with van der Waals surface area (Å²) >= 11 is 12.0. The topological polar surface area (TPSA) is 55.6 Å². The quantitative estimate of drug-likeness (QED) is 0.345. The Morgan fingerprint density at radius 2 is 1.77 bits per heavy atom.